The number of rotatable bonds is 8. The van der Waals surface area contributed by atoms with Gasteiger partial charge in [0.05, 0.1) is 6.54 Å². The van der Waals surface area contributed by atoms with Crippen LogP contribution in [0.4, 0.5) is 5.69 Å². The molecule has 0 radical (unpaired) electrons. The van der Waals surface area contributed by atoms with Gasteiger partial charge in [-0.15, -0.1) is 0 Å². The van der Waals surface area contributed by atoms with Gasteiger partial charge in [0.15, 0.2) is 5.76 Å². The Morgan fingerprint density at radius 1 is 1.23 bits per heavy atom. The van der Waals surface area contributed by atoms with Crippen molar-refractivity contribution in [1.82, 2.24) is 10.2 Å². The van der Waals surface area contributed by atoms with Crippen molar-refractivity contribution in [3.8, 4) is 0 Å². The van der Waals surface area contributed by atoms with E-state index in [-0.39, 0.29) is 11.9 Å². The van der Waals surface area contributed by atoms with E-state index >= 15 is 0 Å². The maximum absolute atomic E-state index is 12.4. The molecule has 5 heteroatoms. The highest BCUT2D eigenvalue weighted by molar-refractivity contribution is 5.91. The van der Waals surface area contributed by atoms with E-state index in [0.29, 0.717) is 12.3 Å². The molecule has 0 unspecified atom stereocenters. The monoisotopic (exact) mass is 355 g/mol. The summed E-state index contributed by atoms with van der Waals surface area (Å²) in [4.78, 5) is 17.0. The molecule has 0 saturated carbocycles. The Morgan fingerprint density at radius 3 is 2.77 bits per heavy atom. The third-order valence-electron chi connectivity index (χ3n) is 5.17. The second-order valence-electron chi connectivity index (χ2n) is 6.86. The zero-order valence-corrected chi connectivity index (χ0v) is 16.0. The second kappa shape index (κ2) is 8.41. The minimum absolute atomic E-state index is 0.143. The molecule has 0 spiro atoms. The fourth-order valence-electron chi connectivity index (χ4n) is 3.51. The van der Waals surface area contributed by atoms with Crippen molar-refractivity contribution in [2.24, 2.45) is 0 Å². The quantitative estimate of drug-likeness (QED) is 0.789. The minimum Gasteiger partial charge on any atom is -0.455 e. The molecular formula is C21H29N3O2. The fourth-order valence-corrected chi connectivity index (χ4v) is 3.51. The summed E-state index contributed by atoms with van der Waals surface area (Å²) in [6.45, 7) is 10.7. The number of amides is 1. The van der Waals surface area contributed by atoms with E-state index < -0.39 is 0 Å². The Morgan fingerprint density at radius 2 is 2.00 bits per heavy atom. The Labute approximate surface area is 156 Å². The second-order valence-corrected chi connectivity index (χ2v) is 6.86. The third-order valence-corrected chi connectivity index (χ3v) is 5.17. The molecule has 2 aromatic rings. The number of hydrogen-bond donors (Lipinski definition) is 1. The maximum atomic E-state index is 12.4. The molecule has 5 nitrogen and oxygen atoms in total. The molecule has 0 fully saturated rings. The van der Waals surface area contributed by atoms with Crippen molar-refractivity contribution in [3.05, 3.63) is 53.5 Å². The van der Waals surface area contributed by atoms with Gasteiger partial charge in [-0.3, -0.25) is 9.69 Å². The van der Waals surface area contributed by atoms with Crippen molar-refractivity contribution in [2.45, 2.75) is 39.8 Å². The van der Waals surface area contributed by atoms with E-state index in [4.69, 9.17) is 4.42 Å². The average molecular weight is 355 g/mol. The van der Waals surface area contributed by atoms with Crippen LogP contribution in [0.15, 0.2) is 40.8 Å². The van der Waals surface area contributed by atoms with Gasteiger partial charge in [-0.2, -0.15) is 0 Å². The van der Waals surface area contributed by atoms with Gasteiger partial charge in [-0.25, -0.2) is 0 Å². The molecule has 1 aromatic carbocycles. The number of hydrogen-bond acceptors (Lipinski definition) is 4. The first-order valence-electron chi connectivity index (χ1n) is 9.56. The Bertz CT molecular complexity index is 736. The number of para-hydroxylation sites is 1. The van der Waals surface area contributed by atoms with Gasteiger partial charge < -0.3 is 14.6 Å². The lowest BCUT2D eigenvalue weighted by Crippen LogP contribution is -2.41. The number of carbonyl (C=O) groups is 1. The van der Waals surface area contributed by atoms with E-state index in [1.165, 1.54) is 11.3 Å². The van der Waals surface area contributed by atoms with Gasteiger partial charge in [-0.1, -0.05) is 32.0 Å². The highest BCUT2D eigenvalue weighted by Crippen LogP contribution is 2.28. The van der Waals surface area contributed by atoms with Crippen LogP contribution < -0.4 is 10.2 Å². The number of benzene rings is 1. The summed E-state index contributed by atoms with van der Waals surface area (Å²) in [7, 11) is 0. The number of anilines is 1. The Kier molecular flexibility index (Phi) is 5.99. The van der Waals surface area contributed by atoms with Crippen molar-refractivity contribution < 1.29 is 9.21 Å². The molecule has 26 heavy (non-hydrogen) atoms. The Balaban J connectivity index is 1.54. The summed E-state index contributed by atoms with van der Waals surface area (Å²) in [5.41, 5.74) is 2.67. The minimum atomic E-state index is -0.143. The fraction of sp³-hybridized carbons (Fsp3) is 0.476. The summed E-state index contributed by atoms with van der Waals surface area (Å²) in [5, 5.41) is 3.01. The molecule has 1 N–H and O–H groups in total. The summed E-state index contributed by atoms with van der Waals surface area (Å²) in [5.74, 6) is 1.08. The molecule has 1 aromatic heterocycles. The van der Waals surface area contributed by atoms with Crippen molar-refractivity contribution in [1.29, 1.82) is 0 Å². The number of carbonyl (C=O) groups excluding carboxylic acids is 1. The highest BCUT2D eigenvalue weighted by atomic mass is 16.4. The number of furan rings is 1. The predicted octanol–water partition coefficient (Wildman–Crippen LogP) is 3.30. The van der Waals surface area contributed by atoms with E-state index in [9.17, 15) is 4.79 Å². The molecule has 2 heterocycles. The topological polar surface area (TPSA) is 48.7 Å². The molecule has 0 bridgehead atoms. The molecule has 3 rings (SSSR count). The van der Waals surface area contributed by atoms with E-state index in [2.05, 4.69) is 60.2 Å². The van der Waals surface area contributed by atoms with Crippen molar-refractivity contribution >= 4 is 11.6 Å². The van der Waals surface area contributed by atoms with Gasteiger partial charge in [0.25, 0.3) is 5.91 Å². The Hall–Kier alpha value is -2.27. The van der Waals surface area contributed by atoms with Gasteiger partial charge in [0, 0.05) is 24.8 Å². The van der Waals surface area contributed by atoms with Crippen LogP contribution in [0.3, 0.4) is 0 Å². The standard InChI is InChI=1S/C21H29N3O2/c1-4-23(5-2)15-18-10-11-20(26-18)21(25)22-14-16(3)24-13-12-17-8-6-7-9-19(17)24/h6-11,16H,4-5,12-15H2,1-3H3,(H,22,25)/t16-/m1/s1. The lowest BCUT2D eigenvalue weighted by atomic mass is 10.2. The van der Waals surface area contributed by atoms with Gasteiger partial charge in [0.1, 0.15) is 5.76 Å². The molecule has 0 saturated heterocycles. The maximum Gasteiger partial charge on any atom is 0.287 e. The average Bonchev–Trinajstić information content (AvgIpc) is 3.31. The van der Waals surface area contributed by atoms with Gasteiger partial charge >= 0.3 is 0 Å². The van der Waals surface area contributed by atoms with Crippen LogP contribution in [0.2, 0.25) is 0 Å². The molecule has 0 aliphatic carbocycles. The number of nitrogens with one attached hydrogen (secondary N) is 1. The smallest absolute Gasteiger partial charge is 0.287 e. The van der Waals surface area contributed by atoms with Crippen LogP contribution in [0, 0.1) is 0 Å². The number of nitrogens with zero attached hydrogens (tertiary/aromatic N) is 2. The third kappa shape index (κ3) is 4.10. The van der Waals surface area contributed by atoms with Crippen LogP contribution >= 0.6 is 0 Å². The SMILES string of the molecule is CCN(CC)Cc1ccc(C(=O)NC[C@@H](C)N2CCc3ccccc32)o1. The van der Waals surface area contributed by atoms with Gasteiger partial charge in [0.2, 0.25) is 0 Å². The van der Waals surface area contributed by atoms with Crippen LogP contribution in [0.25, 0.3) is 0 Å². The van der Waals surface area contributed by atoms with Crippen LogP contribution in [-0.4, -0.2) is 43.0 Å². The van der Waals surface area contributed by atoms with Crippen molar-refractivity contribution in [2.75, 3.05) is 31.1 Å². The first-order chi connectivity index (χ1) is 12.6. The summed E-state index contributed by atoms with van der Waals surface area (Å²) in [6, 6.07) is 12.4. The largest absolute Gasteiger partial charge is 0.455 e. The number of fused-ring (bicyclic) bond motifs is 1. The highest BCUT2D eigenvalue weighted by Gasteiger charge is 2.23. The predicted molar refractivity (Wildman–Crippen MR) is 105 cm³/mol. The first-order valence-corrected chi connectivity index (χ1v) is 9.56. The molecular weight excluding hydrogens is 326 g/mol. The van der Waals surface area contributed by atoms with Gasteiger partial charge in [-0.05, 0) is 50.2 Å². The van der Waals surface area contributed by atoms with E-state index in [1.807, 2.05) is 6.07 Å². The molecule has 140 valence electrons. The lowest BCUT2D eigenvalue weighted by molar-refractivity contribution is 0.0920. The lowest BCUT2D eigenvalue weighted by Gasteiger charge is -2.27. The first kappa shape index (κ1) is 18.5. The zero-order chi connectivity index (χ0) is 18.5. The van der Waals surface area contributed by atoms with Crippen molar-refractivity contribution in [3.63, 3.8) is 0 Å². The summed E-state index contributed by atoms with van der Waals surface area (Å²) in [6.07, 6.45) is 1.07. The summed E-state index contributed by atoms with van der Waals surface area (Å²) >= 11 is 0. The molecule has 1 amide bonds. The van der Waals surface area contributed by atoms with E-state index in [0.717, 1.165) is 38.4 Å². The molecule has 1 atom stereocenters. The van der Waals surface area contributed by atoms with E-state index in [1.54, 1.807) is 6.07 Å². The molecule has 1 aliphatic heterocycles. The van der Waals surface area contributed by atoms with Crippen LogP contribution in [-0.2, 0) is 13.0 Å². The zero-order valence-electron chi connectivity index (χ0n) is 16.0. The van der Waals surface area contributed by atoms with Crippen LogP contribution in [0.5, 0.6) is 0 Å². The normalized spacial score (nSPS) is 14.5. The molecule has 1 aliphatic rings. The summed E-state index contributed by atoms with van der Waals surface area (Å²) < 4.78 is 5.73. The van der Waals surface area contributed by atoms with Crippen LogP contribution in [0.1, 0.15) is 42.6 Å².